The van der Waals surface area contributed by atoms with E-state index < -0.39 is 38.0 Å². The molecule has 0 heterocycles. The van der Waals surface area contributed by atoms with Crippen LogP contribution in [0.5, 0.6) is 0 Å². The van der Waals surface area contributed by atoms with Gasteiger partial charge in [-0.2, -0.15) is 4.31 Å². The van der Waals surface area contributed by atoms with E-state index in [1.807, 2.05) is 0 Å². The summed E-state index contributed by atoms with van der Waals surface area (Å²) in [5.41, 5.74) is -0.456. The minimum Gasteiger partial charge on any atom is -0.383 e. The van der Waals surface area contributed by atoms with Gasteiger partial charge in [0.1, 0.15) is 10.7 Å². The molecule has 0 fully saturated rings. The molecule has 0 aliphatic heterocycles. The van der Waals surface area contributed by atoms with E-state index in [2.05, 4.69) is 0 Å². The van der Waals surface area contributed by atoms with E-state index in [0.29, 0.717) is 0 Å². The van der Waals surface area contributed by atoms with Crippen LogP contribution in [0.3, 0.4) is 0 Å². The molecule has 0 unspecified atom stereocenters. The highest BCUT2D eigenvalue weighted by atomic mass is 35.5. The first-order valence-electron chi connectivity index (χ1n) is 5.34. The summed E-state index contributed by atoms with van der Waals surface area (Å²) in [6, 6.07) is 1.77. The van der Waals surface area contributed by atoms with Crippen LogP contribution in [0.15, 0.2) is 17.0 Å². The molecule has 1 aromatic rings. The summed E-state index contributed by atoms with van der Waals surface area (Å²) < 4.78 is 57.1. The number of halogens is 3. The predicted molar refractivity (Wildman–Crippen MR) is 67.6 cm³/mol. The summed E-state index contributed by atoms with van der Waals surface area (Å²) in [5.74, 6) is -2.46. The Bertz CT molecular complexity index is 551. The molecule has 108 valence electrons. The van der Waals surface area contributed by atoms with Crippen molar-refractivity contribution in [2.24, 2.45) is 0 Å². The zero-order valence-electron chi connectivity index (χ0n) is 10.5. The summed E-state index contributed by atoms with van der Waals surface area (Å²) >= 11 is 5.41. The number of likely N-dealkylation sites (N-methyl/N-ethyl adjacent to an activating group) is 1. The van der Waals surface area contributed by atoms with E-state index in [9.17, 15) is 17.2 Å². The van der Waals surface area contributed by atoms with E-state index in [0.717, 1.165) is 16.4 Å². The average molecular weight is 314 g/mol. The van der Waals surface area contributed by atoms with Gasteiger partial charge in [0.15, 0.2) is 5.82 Å². The first-order valence-corrected chi connectivity index (χ1v) is 7.31. The fourth-order valence-electron chi connectivity index (χ4n) is 1.41. The van der Waals surface area contributed by atoms with Crippen molar-refractivity contribution in [3.8, 4) is 0 Å². The van der Waals surface area contributed by atoms with Crippen molar-refractivity contribution in [1.82, 2.24) is 4.31 Å². The number of hydrogen-bond donors (Lipinski definition) is 0. The van der Waals surface area contributed by atoms with Crippen molar-refractivity contribution in [2.75, 3.05) is 27.3 Å². The number of ether oxygens (including phenoxy) is 1. The number of sulfonamides is 1. The second-order valence-corrected chi connectivity index (χ2v) is 6.07. The molecule has 4 nitrogen and oxygen atoms in total. The predicted octanol–water partition coefficient (Wildman–Crippen LogP) is 1.97. The van der Waals surface area contributed by atoms with Gasteiger partial charge in [-0.25, -0.2) is 17.2 Å². The summed E-state index contributed by atoms with van der Waals surface area (Å²) in [5, 5.41) is 0. The van der Waals surface area contributed by atoms with E-state index >= 15 is 0 Å². The molecular weight excluding hydrogens is 300 g/mol. The SMILES string of the molecule is COCCN(C)S(=O)(=O)c1ccc(F)c(CCl)c1F. The lowest BCUT2D eigenvalue weighted by Crippen LogP contribution is -2.31. The molecule has 19 heavy (non-hydrogen) atoms. The Morgan fingerprint density at radius 3 is 2.53 bits per heavy atom. The Morgan fingerprint density at radius 2 is 2.00 bits per heavy atom. The first kappa shape index (κ1) is 16.3. The van der Waals surface area contributed by atoms with Gasteiger partial charge in [0.2, 0.25) is 10.0 Å². The highest BCUT2D eigenvalue weighted by Gasteiger charge is 2.26. The van der Waals surface area contributed by atoms with Crippen LogP contribution in [0.1, 0.15) is 5.56 Å². The van der Waals surface area contributed by atoms with Crippen LogP contribution in [0, 0.1) is 11.6 Å². The average Bonchev–Trinajstić information content (AvgIpc) is 2.36. The standard InChI is InChI=1S/C11H14ClF2NO3S/c1-15(5-6-18-2)19(16,17)10-4-3-9(13)8(7-12)11(10)14/h3-4H,5-7H2,1-2H3. The number of hydrogen-bond acceptors (Lipinski definition) is 3. The molecule has 1 aromatic carbocycles. The fourth-order valence-corrected chi connectivity index (χ4v) is 2.89. The molecule has 0 aromatic heterocycles. The highest BCUT2D eigenvalue weighted by Crippen LogP contribution is 2.24. The Morgan fingerprint density at radius 1 is 1.37 bits per heavy atom. The number of methoxy groups -OCH3 is 1. The highest BCUT2D eigenvalue weighted by molar-refractivity contribution is 7.89. The molecule has 0 spiro atoms. The third-order valence-corrected chi connectivity index (χ3v) is 4.72. The van der Waals surface area contributed by atoms with Gasteiger partial charge in [-0.1, -0.05) is 0 Å². The molecule has 0 amide bonds. The van der Waals surface area contributed by atoms with Crippen LogP contribution < -0.4 is 0 Å². The van der Waals surface area contributed by atoms with Crippen molar-refractivity contribution < 1.29 is 21.9 Å². The molecule has 0 saturated carbocycles. The topological polar surface area (TPSA) is 46.6 Å². The molecule has 0 N–H and O–H groups in total. The molecular formula is C11H14ClF2NO3S. The Labute approximate surface area is 116 Å². The quantitative estimate of drug-likeness (QED) is 0.754. The molecule has 1 rings (SSSR count). The van der Waals surface area contributed by atoms with Crippen molar-refractivity contribution in [1.29, 1.82) is 0 Å². The van der Waals surface area contributed by atoms with Gasteiger partial charge in [-0.3, -0.25) is 0 Å². The van der Waals surface area contributed by atoms with Crippen LogP contribution in [0.25, 0.3) is 0 Å². The largest absolute Gasteiger partial charge is 0.383 e. The minimum absolute atomic E-state index is 0.0614. The Balaban J connectivity index is 3.22. The van der Waals surface area contributed by atoms with E-state index in [1.165, 1.54) is 14.2 Å². The number of rotatable bonds is 6. The number of alkyl halides is 1. The van der Waals surface area contributed by atoms with Crippen LogP contribution in [-0.4, -0.2) is 40.0 Å². The summed E-state index contributed by atoms with van der Waals surface area (Å²) in [6.45, 7) is 0.229. The summed E-state index contributed by atoms with van der Waals surface area (Å²) in [7, 11) is -1.33. The first-order chi connectivity index (χ1) is 8.86. The van der Waals surface area contributed by atoms with Gasteiger partial charge < -0.3 is 4.74 Å². The lowest BCUT2D eigenvalue weighted by molar-refractivity contribution is 0.185. The smallest absolute Gasteiger partial charge is 0.245 e. The second kappa shape index (κ2) is 6.60. The van der Waals surface area contributed by atoms with Gasteiger partial charge in [0.05, 0.1) is 12.5 Å². The zero-order valence-corrected chi connectivity index (χ0v) is 12.1. The minimum atomic E-state index is -4.04. The molecule has 0 aliphatic carbocycles. The van der Waals surface area contributed by atoms with Gasteiger partial charge in [0.25, 0.3) is 0 Å². The van der Waals surface area contributed by atoms with Crippen LogP contribution in [0.4, 0.5) is 8.78 Å². The van der Waals surface area contributed by atoms with Crippen LogP contribution >= 0.6 is 11.6 Å². The fraction of sp³-hybridized carbons (Fsp3) is 0.455. The number of benzene rings is 1. The van der Waals surface area contributed by atoms with Crippen molar-refractivity contribution in [3.05, 3.63) is 29.3 Å². The zero-order chi connectivity index (χ0) is 14.6. The normalized spacial score (nSPS) is 12.1. The van der Waals surface area contributed by atoms with E-state index in [-0.39, 0.29) is 13.2 Å². The summed E-state index contributed by atoms with van der Waals surface area (Å²) in [4.78, 5) is -0.594. The van der Waals surface area contributed by atoms with Gasteiger partial charge in [-0.05, 0) is 12.1 Å². The van der Waals surface area contributed by atoms with Gasteiger partial charge in [-0.15, -0.1) is 11.6 Å². The van der Waals surface area contributed by atoms with E-state index in [4.69, 9.17) is 16.3 Å². The third-order valence-electron chi connectivity index (χ3n) is 2.58. The van der Waals surface area contributed by atoms with Crippen molar-refractivity contribution in [2.45, 2.75) is 10.8 Å². The Kier molecular flexibility index (Phi) is 5.66. The van der Waals surface area contributed by atoms with Crippen molar-refractivity contribution >= 4 is 21.6 Å². The van der Waals surface area contributed by atoms with Gasteiger partial charge >= 0.3 is 0 Å². The monoisotopic (exact) mass is 313 g/mol. The van der Waals surface area contributed by atoms with Crippen molar-refractivity contribution in [3.63, 3.8) is 0 Å². The molecule has 0 atom stereocenters. The molecule has 0 radical (unpaired) electrons. The maximum atomic E-state index is 14.0. The number of nitrogens with zero attached hydrogens (tertiary/aromatic N) is 1. The maximum Gasteiger partial charge on any atom is 0.245 e. The molecule has 8 heteroatoms. The molecule has 0 aliphatic rings. The van der Waals surface area contributed by atoms with Crippen LogP contribution in [0.2, 0.25) is 0 Å². The maximum absolute atomic E-state index is 14.0. The van der Waals surface area contributed by atoms with E-state index in [1.54, 1.807) is 0 Å². The molecule has 0 bridgehead atoms. The lowest BCUT2D eigenvalue weighted by Gasteiger charge is -2.17. The summed E-state index contributed by atoms with van der Waals surface area (Å²) in [6.07, 6.45) is 0. The molecule has 0 saturated heterocycles. The van der Waals surface area contributed by atoms with Crippen LogP contribution in [-0.2, 0) is 20.6 Å². The van der Waals surface area contributed by atoms with Gasteiger partial charge in [0, 0.05) is 26.3 Å². The third kappa shape index (κ3) is 3.42. The second-order valence-electron chi connectivity index (χ2n) is 3.79. The Hall–Kier alpha value is -0.760. The lowest BCUT2D eigenvalue weighted by atomic mass is 10.2.